The van der Waals surface area contributed by atoms with Crippen molar-refractivity contribution in [1.29, 1.82) is 0 Å². The molecule has 0 unspecified atom stereocenters. The van der Waals surface area contributed by atoms with Gasteiger partial charge >= 0.3 is 0 Å². The first-order valence-electron chi connectivity index (χ1n) is 5.82. The number of ether oxygens (including phenoxy) is 1. The van der Waals surface area contributed by atoms with Gasteiger partial charge < -0.3 is 9.84 Å². The van der Waals surface area contributed by atoms with Crippen molar-refractivity contribution in [3.8, 4) is 5.75 Å². The van der Waals surface area contributed by atoms with Gasteiger partial charge in [0.1, 0.15) is 5.75 Å². The van der Waals surface area contributed by atoms with E-state index in [1.54, 1.807) is 6.07 Å². The Balaban J connectivity index is 2.01. The molecule has 0 saturated heterocycles. The van der Waals surface area contributed by atoms with Gasteiger partial charge in [-0.2, -0.15) is 0 Å². The maximum Gasteiger partial charge on any atom is 0.143 e. The van der Waals surface area contributed by atoms with Crippen molar-refractivity contribution >= 4 is 11.6 Å². The minimum atomic E-state index is -0.0272. The summed E-state index contributed by atoms with van der Waals surface area (Å²) in [6.07, 6.45) is 5.12. The highest BCUT2D eigenvalue weighted by molar-refractivity contribution is 6.32. The molecule has 3 heteroatoms. The molecule has 16 heavy (non-hydrogen) atoms. The fourth-order valence-electron chi connectivity index (χ4n) is 2.22. The minimum absolute atomic E-state index is 0.0272. The summed E-state index contributed by atoms with van der Waals surface area (Å²) >= 11 is 6.06. The maximum absolute atomic E-state index is 9.20. The molecule has 88 valence electrons. The number of para-hydroxylation sites is 1. The number of rotatable bonds is 4. The summed E-state index contributed by atoms with van der Waals surface area (Å²) in [5.74, 6) is 1.31. The highest BCUT2D eigenvalue weighted by Gasteiger charge is 2.17. The number of halogens is 1. The largest absolute Gasteiger partial charge is 0.491 e. The second-order valence-electron chi connectivity index (χ2n) is 4.35. The molecular formula is C13H17ClO2. The fraction of sp³-hybridized carbons (Fsp3) is 0.538. The van der Waals surface area contributed by atoms with Crippen molar-refractivity contribution in [2.45, 2.75) is 32.3 Å². The maximum atomic E-state index is 9.20. The molecule has 1 aliphatic carbocycles. The average molecular weight is 241 g/mol. The zero-order chi connectivity index (χ0) is 11.4. The zero-order valence-electron chi connectivity index (χ0n) is 9.29. The van der Waals surface area contributed by atoms with Crippen LogP contribution in [0.2, 0.25) is 5.02 Å². The van der Waals surface area contributed by atoms with Crippen LogP contribution in [0, 0.1) is 5.92 Å². The predicted molar refractivity (Wildman–Crippen MR) is 64.8 cm³/mol. The Morgan fingerprint density at radius 1 is 1.31 bits per heavy atom. The minimum Gasteiger partial charge on any atom is -0.491 e. The number of hydrogen-bond donors (Lipinski definition) is 1. The van der Waals surface area contributed by atoms with Crippen molar-refractivity contribution in [1.82, 2.24) is 0 Å². The van der Waals surface area contributed by atoms with Crippen LogP contribution in [0.4, 0.5) is 0 Å². The van der Waals surface area contributed by atoms with Gasteiger partial charge in [0.25, 0.3) is 0 Å². The molecule has 0 aromatic heterocycles. The molecule has 1 N–H and O–H groups in total. The highest BCUT2D eigenvalue weighted by Crippen LogP contribution is 2.31. The van der Waals surface area contributed by atoms with Gasteiger partial charge in [-0.25, -0.2) is 0 Å². The van der Waals surface area contributed by atoms with Gasteiger partial charge in [-0.05, 0) is 24.8 Å². The van der Waals surface area contributed by atoms with E-state index < -0.39 is 0 Å². The van der Waals surface area contributed by atoms with E-state index in [1.807, 2.05) is 12.1 Å². The van der Waals surface area contributed by atoms with E-state index in [9.17, 15) is 5.11 Å². The third kappa shape index (κ3) is 2.69. The number of benzene rings is 1. The Labute approximate surface area is 101 Å². The summed E-state index contributed by atoms with van der Waals surface area (Å²) in [6.45, 7) is 0.692. The molecule has 2 rings (SSSR count). The monoisotopic (exact) mass is 240 g/mol. The molecule has 1 saturated carbocycles. The Morgan fingerprint density at radius 3 is 2.75 bits per heavy atom. The van der Waals surface area contributed by atoms with Crippen molar-refractivity contribution in [2.75, 3.05) is 6.61 Å². The van der Waals surface area contributed by atoms with E-state index in [0.29, 0.717) is 16.7 Å². The molecular weight excluding hydrogens is 224 g/mol. The number of aliphatic hydroxyl groups excluding tert-OH is 1. The smallest absolute Gasteiger partial charge is 0.143 e. The lowest BCUT2D eigenvalue weighted by atomic mass is 10.1. The Kier molecular flexibility index (Phi) is 4.08. The fourth-order valence-corrected chi connectivity index (χ4v) is 2.47. The van der Waals surface area contributed by atoms with Crippen molar-refractivity contribution < 1.29 is 9.84 Å². The van der Waals surface area contributed by atoms with E-state index in [0.717, 1.165) is 12.2 Å². The first kappa shape index (κ1) is 11.7. The summed E-state index contributed by atoms with van der Waals surface area (Å²) in [4.78, 5) is 0. The third-order valence-electron chi connectivity index (χ3n) is 3.16. The summed E-state index contributed by atoms with van der Waals surface area (Å²) in [6, 6.07) is 5.47. The lowest BCUT2D eigenvalue weighted by molar-refractivity contribution is 0.234. The summed E-state index contributed by atoms with van der Waals surface area (Å²) in [5, 5.41) is 9.78. The van der Waals surface area contributed by atoms with Crippen LogP contribution in [0.15, 0.2) is 18.2 Å². The molecule has 2 nitrogen and oxygen atoms in total. The second-order valence-corrected chi connectivity index (χ2v) is 4.75. The van der Waals surface area contributed by atoms with Gasteiger partial charge in [0.15, 0.2) is 0 Å². The van der Waals surface area contributed by atoms with Crippen LogP contribution in [0.25, 0.3) is 0 Å². The van der Waals surface area contributed by atoms with Crippen molar-refractivity contribution in [3.63, 3.8) is 0 Å². The predicted octanol–water partition coefficient (Wildman–Crippen LogP) is 3.40. The molecule has 1 aliphatic rings. The van der Waals surface area contributed by atoms with Crippen LogP contribution in [0.5, 0.6) is 5.75 Å². The van der Waals surface area contributed by atoms with Crippen LogP contribution >= 0.6 is 11.6 Å². The van der Waals surface area contributed by atoms with Crippen molar-refractivity contribution in [2.24, 2.45) is 5.92 Å². The summed E-state index contributed by atoms with van der Waals surface area (Å²) < 4.78 is 5.75. The first-order chi connectivity index (χ1) is 7.81. The van der Waals surface area contributed by atoms with Gasteiger partial charge in [-0.1, -0.05) is 36.6 Å². The Morgan fingerprint density at radius 2 is 2.06 bits per heavy atom. The van der Waals surface area contributed by atoms with Crippen LogP contribution in [0.3, 0.4) is 0 Å². The standard InChI is InChI=1S/C13H17ClO2/c14-12-7-3-6-11(8-15)13(12)16-9-10-4-1-2-5-10/h3,6-7,10,15H,1-2,4-5,8-9H2. The molecule has 0 heterocycles. The third-order valence-corrected chi connectivity index (χ3v) is 3.45. The molecule has 0 spiro atoms. The summed E-state index contributed by atoms with van der Waals surface area (Å²) in [5.41, 5.74) is 0.769. The van der Waals surface area contributed by atoms with Crippen LogP contribution in [0.1, 0.15) is 31.2 Å². The number of aliphatic hydroxyl groups is 1. The SMILES string of the molecule is OCc1cccc(Cl)c1OCC1CCCC1. The van der Waals surface area contributed by atoms with Crippen LogP contribution in [-0.2, 0) is 6.61 Å². The van der Waals surface area contributed by atoms with Crippen LogP contribution < -0.4 is 4.74 Å². The first-order valence-corrected chi connectivity index (χ1v) is 6.20. The lowest BCUT2D eigenvalue weighted by Crippen LogP contribution is -2.09. The quantitative estimate of drug-likeness (QED) is 0.874. The Bertz CT molecular complexity index is 346. The average Bonchev–Trinajstić information content (AvgIpc) is 2.80. The normalized spacial score (nSPS) is 16.6. The van der Waals surface area contributed by atoms with Gasteiger partial charge in [0.2, 0.25) is 0 Å². The summed E-state index contributed by atoms with van der Waals surface area (Å²) in [7, 11) is 0. The Hall–Kier alpha value is -0.730. The topological polar surface area (TPSA) is 29.5 Å². The molecule has 1 fully saturated rings. The van der Waals surface area contributed by atoms with Crippen LogP contribution in [-0.4, -0.2) is 11.7 Å². The van der Waals surface area contributed by atoms with Gasteiger partial charge in [-0.15, -0.1) is 0 Å². The van der Waals surface area contributed by atoms with E-state index in [1.165, 1.54) is 25.7 Å². The molecule has 0 atom stereocenters. The van der Waals surface area contributed by atoms with E-state index in [4.69, 9.17) is 16.3 Å². The molecule has 1 aromatic carbocycles. The zero-order valence-corrected chi connectivity index (χ0v) is 10.0. The molecule has 1 aromatic rings. The van der Waals surface area contributed by atoms with E-state index >= 15 is 0 Å². The van der Waals surface area contributed by atoms with Gasteiger partial charge in [0, 0.05) is 5.56 Å². The molecule has 0 radical (unpaired) electrons. The molecule has 0 bridgehead atoms. The van der Waals surface area contributed by atoms with E-state index in [2.05, 4.69) is 0 Å². The molecule has 0 aliphatic heterocycles. The van der Waals surface area contributed by atoms with Gasteiger partial charge in [0.05, 0.1) is 18.2 Å². The number of hydrogen-bond acceptors (Lipinski definition) is 2. The molecule has 0 amide bonds. The van der Waals surface area contributed by atoms with E-state index in [-0.39, 0.29) is 6.61 Å². The lowest BCUT2D eigenvalue weighted by Gasteiger charge is -2.15. The second kappa shape index (κ2) is 5.55. The highest BCUT2D eigenvalue weighted by atomic mass is 35.5. The van der Waals surface area contributed by atoms with Gasteiger partial charge in [-0.3, -0.25) is 0 Å². The van der Waals surface area contributed by atoms with Crippen molar-refractivity contribution in [3.05, 3.63) is 28.8 Å².